The molecule has 1 saturated carbocycles. The summed E-state index contributed by atoms with van der Waals surface area (Å²) < 4.78 is 0. The lowest BCUT2D eigenvalue weighted by Gasteiger charge is -2.33. The van der Waals surface area contributed by atoms with E-state index < -0.39 is 0 Å². The van der Waals surface area contributed by atoms with Crippen molar-refractivity contribution >= 4 is 17.9 Å². The van der Waals surface area contributed by atoms with Gasteiger partial charge in [0.05, 0.1) is 6.42 Å². The second-order valence-electron chi connectivity index (χ2n) is 8.81. The van der Waals surface area contributed by atoms with E-state index in [-0.39, 0.29) is 11.8 Å². The second kappa shape index (κ2) is 7.67. The Bertz CT molecular complexity index is 993. The highest BCUT2D eigenvalue weighted by Gasteiger charge is 2.54. The predicted octanol–water partition coefficient (Wildman–Crippen LogP) is 2.40. The van der Waals surface area contributed by atoms with Gasteiger partial charge in [0.15, 0.2) is 0 Å². The van der Waals surface area contributed by atoms with Gasteiger partial charge in [-0.05, 0) is 65.5 Å². The van der Waals surface area contributed by atoms with Gasteiger partial charge >= 0.3 is 0 Å². The summed E-state index contributed by atoms with van der Waals surface area (Å²) in [5, 5.41) is 3.14. The first kappa shape index (κ1) is 19.0. The molecular weight excluding hydrogens is 376 g/mol. The van der Waals surface area contributed by atoms with Crippen molar-refractivity contribution in [3.63, 3.8) is 0 Å². The Balaban J connectivity index is 1.08. The summed E-state index contributed by atoms with van der Waals surface area (Å²) in [6.07, 6.45) is 13.4. The molecule has 154 valence electrons. The third-order valence-electron chi connectivity index (χ3n) is 7.01. The number of carbonyl (C=O) groups is 2. The maximum Gasteiger partial charge on any atom is 0.247 e. The normalized spacial score (nSPS) is 21.1. The van der Waals surface area contributed by atoms with Gasteiger partial charge in [-0.15, -0.1) is 0 Å². The second-order valence-corrected chi connectivity index (χ2v) is 8.81. The highest BCUT2D eigenvalue weighted by molar-refractivity contribution is 6.00. The zero-order valence-corrected chi connectivity index (χ0v) is 17.0. The molecule has 0 radical (unpaired) electrons. The Morgan fingerprint density at radius 3 is 2.73 bits per heavy atom. The van der Waals surface area contributed by atoms with Crippen molar-refractivity contribution in [1.29, 1.82) is 0 Å². The van der Waals surface area contributed by atoms with Crippen LogP contribution in [0.2, 0.25) is 0 Å². The molecule has 1 saturated heterocycles. The van der Waals surface area contributed by atoms with Gasteiger partial charge in [-0.3, -0.25) is 19.6 Å². The van der Waals surface area contributed by atoms with Crippen LogP contribution < -0.4 is 5.32 Å². The van der Waals surface area contributed by atoms with E-state index in [1.807, 2.05) is 35.4 Å². The third kappa shape index (κ3) is 3.74. The fourth-order valence-corrected chi connectivity index (χ4v) is 4.97. The molecule has 5 rings (SSSR count). The molecule has 0 aromatic carbocycles. The summed E-state index contributed by atoms with van der Waals surface area (Å²) >= 11 is 0. The first-order valence-corrected chi connectivity index (χ1v) is 10.7. The van der Waals surface area contributed by atoms with Gasteiger partial charge in [0.1, 0.15) is 0 Å². The third-order valence-corrected chi connectivity index (χ3v) is 7.01. The fourth-order valence-electron chi connectivity index (χ4n) is 4.97. The lowest BCUT2D eigenvalue weighted by Crippen LogP contribution is -2.41. The molecule has 2 amide bonds. The van der Waals surface area contributed by atoms with Crippen LogP contribution in [0.1, 0.15) is 36.0 Å². The average molecular weight is 402 g/mol. The molecule has 0 bridgehead atoms. The van der Waals surface area contributed by atoms with Crippen LogP contribution in [0.25, 0.3) is 6.08 Å². The number of pyridine rings is 2. The van der Waals surface area contributed by atoms with E-state index in [9.17, 15) is 9.59 Å². The molecule has 1 atom stereocenters. The first-order chi connectivity index (χ1) is 14.6. The smallest absolute Gasteiger partial charge is 0.247 e. The van der Waals surface area contributed by atoms with E-state index in [1.165, 1.54) is 5.56 Å². The van der Waals surface area contributed by atoms with E-state index in [1.54, 1.807) is 18.6 Å². The molecule has 6 nitrogen and oxygen atoms in total. The number of nitrogens with zero attached hydrogens (tertiary/aromatic N) is 3. The molecule has 30 heavy (non-hydrogen) atoms. The number of hydrogen-bond acceptors (Lipinski definition) is 4. The molecule has 1 N–H and O–H groups in total. The van der Waals surface area contributed by atoms with Crippen LogP contribution in [0, 0.1) is 11.3 Å². The molecule has 3 heterocycles. The van der Waals surface area contributed by atoms with Crippen LogP contribution in [0.5, 0.6) is 0 Å². The SMILES string of the molecule is O=C(NCC1CC12CCN(C(=O)Cc1cccnc1)CC2)C1=Cc2cnccc2C1. The summed E-state index contributed by atoms with van der Waals surface area (Å²) in [7, 11) is 0. The lowest BCUT2D eigenvalue weighted by molar-refractivity contribution is -0.132. The van der Waals surface area contributed by atoms with E-state index in [0.717, 1.165) is 55.6 Å². The quantitative estimate of drug-likeness (QED) is 0.833. The number of fused-ring (bicyclic) bond motifs is 1. The zero-order valence-electron chi connectivity index (χ0n) is 17.0. The number of piperidine rings is 1. The first-order valence-electron chi connectivity index (χ1n) is 10.7. The largest absolute Gasteiger partial charge is 0.352 e. The van der Waals surface area contributed by atoms with Crippen LogP contribution >= 0.6 is 0 Å². The van der Waals surface area contributed by atoms with Crippen molar-refractivity contribution in [2.75, 3.05) is 19.6 Å². The van der Waals surface area contributed by atoms with Gasteiger partial charge in [-0.25, -0.2) is 0 Å². The summed E-state index contributed by atoms with van der Waals surface area (Å²) in [5.74, 6) is 0.756. The van der Waals surface area contributed by atoms with Gasteiger partial charge in [0.2, 0.25) is 11.8 Å². The Labute approximate surface area is 176 Å². The fraction of sp³-hybridized carbons (Fsp3) is 0.417. The van der Waals surface area contributed by atoms with Crippen molar-refractivity contribution in [2.45, 2.75) is 32.1 Å². The molecule has 1 unspecified atom stereocenters. The Morgan fingerprint density at radius 2 is 1.97 bits per heavy atom. The summed E-state index contributed by atoms with van der Waals surface area (Å²) in [6, 6.07) is 5.80. The van der Waals surface area contributed by atoms with Crippen LogP contribution in [0.15, 0.2) is 48.6 Å². The summed E-state index contributed by atoms with van der Waals surface area (Å²) in [5.41, 5.74) is 4.32. The van der Waals surface area contributed by atoms with Crippen LogP contribution in [-0.2, 0) is 22.4 Å². The van der Waals surface area contributed by atoms with Crippen molar-refractivity contribution in [3.8, 4) is 0 Å². The highest BCUT2D eigenvalue weighted by Crippen LogP contribution is 2.59. The molecule has 1 aliphatic heterocycles. The van der Waals surface area contributed by atoms with Crippen molar-refractivity contribution in [1.82, 2.24) is 20.2 Å². The summed E-state index contributed by atoms with van der Waals surface area (Å²) in [4.78, 5) is 35.3. The standard InChI is InChI=1S/C24H26N4O2/c29-22(10-17-2-1-6-25-14-17)28-8-4-24(5-9-28)13-21(24)16-27-23(30)19-11-18-3-7-26-15-20(18)12-19/h1-3,6-7,12,14-15,21H,4-5,8-11,13,16H2,(H,27,30). The zero-order chi connectivity index (χ0) is 20.6. The maximum atomic E-state index is 12.6. The van der Waals surface area contributed by atoms with E-state index >= 15 is 0 Å². The van der Waals surface area contributed by atoms with Gasteiger partial charge in [-0.2, -0.15) is 0 Å². The number of amides is 2. The molecule has 6 heteroatoms. The number of hydrogen-bond donors (Lipinski definition) is 1. The van der Waals surface area contributed by atoms with E-state index in [4.69, 9.17) is 0 Å². The number of carbonyl (C=O) groups excluding carboxylic acids is 2. The highest BCUT2D eigenvalue weighted by atomic mass is 16.2. The maximum absolute atomic E-state index is 12.6. The minimum atomic E-state index is 0.0392. The average Bonchev–Trinajstić information content (AvgIpc) is 3.25. The van der Waals surface area contributed by atoms with Crippen LogP contribution in [0.4, 0.5) is 0 Å². The van der Waals surface area contributed by atoms with Crippen molar-refractivity contribution < 1.29 is 9.59 Å². The Morgan fingerprint density at radius 1 is 1.13 bits per heavy atom. The number of rotatable bonds is 5. The number of nitrogens with one attached hydrogen (secondary N) is 1. The van der Waals surface area contributed by atoms with Crippen molar-refractivity contribution in [2.24, 2.45) is 11.3 Å². The van der Waals surface area contributed by atoms with Gasteiger partial charge in [0, 0.05) is 56.4 Å². The molecule has 2 aromatic heterocycles. The molecular formula is C24H26N4O2. The Kier molecular flexibility index (Phi) is 4.85. The molecule has 3 aliphatic rings. The van der Waals surface area contributed by atoms with Crippen LogP contribution in [-0.4, -0.2) is 46.3 Å². The molecule has 2 fully saturated rings. The predicted molar refractivity (Wildman–Crippen MR) is 113 cm³/mol. The topological polar surface area (TPSA) is 75.2 Å². The van der Waals surface area contributed by atoms with E-state index in [2.05, 4.69) is 15.3 Å². The Hall–Kier alpha value is -3.02. The molecule has 1 spiro atoms. The monoisotopic (exact) mass is 402 g/mol. The van der Waals surface area contributed by atoms with E-state index in [0.29, 0.717) is 24.2 Å². The molecule has 2 aliphatic carbocycles. The summed E-state index contributed by atoms with van der Waals surface area (Å²) in [6.45, 7) is 2.36. The van der Waals surface area contributed by atoms with Gasteiger partial charge in [-0.1, -0.05) is 6.07 Å². The van der Waals surface area contributed by atoms with Crippen LogP contribution in [0.3, 0.4) is 0 Å². The minimum Gasteiger partial charge on any atom is -0.352 e. The number of aromatic nitrogens is 2. The lowest BCUT2D eigenvalue weighted by atomic mass is 9.90. The minimum absolute atomic E-state index is 0.0392. The molecule has 2 aromatic rings. The van der Waals surface area contributed by atoms with Crippen molar-refractivity contribution in [3.05, 3.63) is 65.2 Å². The van der Waals surface area contributed by atoms with Gasteiger partial charge < -0.3 is 10.2 Å². The number of likely N-dealkylation sites (tertiary alicyclic amines) is 1. The van der Waals surface area contributed by atoms with Gasteiger partial charge in [0.25, 0.3) is 0 Å².